The zero-order chi connectivity index (χ0) is 15.1. The van der Waals surface area contributed by atoms with E-state index in [1.165, 1.54) is 19.2 Å². The standard InChI is InChI=1S/C14H22N2O4/c1-10(2)15-8-11(3)9-20-14-7-12(16(17)18)5-6-13(14)19-4/h5-7,10-11,15H,8-9H2,1-4H3. The summed E-state index contributed by atoms with van der Waals surface area (Å²) in [6.45, 7) is 7.51. The summed E-state index contributed by atoms with van der Waals surface area (Å²) in [6, 6.07) is 4.76. The fourth-order valence-corrected chi connectivity index (χ4v) is 1.62. The molecule has 1 N–H and O–H groups in total. The number of nitro groups is 1. The van der Waals surface area contributed by atoms with Crippen molar-refractivity contribution >= 4 is 5.69 Å². The summed E-state index contributed by atoms with van der Waals surface area (Å²) in [7, 11) is 1.51. The molecule has 6 heteroatoms. The highest BCUT2D eigenvalue weighted by molar-refractivity contribution is 5.48. The first-order valence-electron chi connectivity index (χ1n) is 6.62. The third kappa shape index (κ3) is 5.05. The number of hydrogen-bond acceptors (Lipinski definition) is 5. The molecule has 0 radical (unpaired) electrons. The molecule has 0 fully saturated rings. The highest BCUT2D eigenvalue weighted by Crippen LogP contribution is 2.31. The van der Waals surface area contributed by atoms with Crippen molar-refractivity contribution in [2.75, 3.05) is 20.3 Å². The molecule has 1 unspecified atom stereocenters. The number of benzene rings is 1. The van der Waals surface area contributed by atoms with Crippen molar-refractivity contribution in [3.63, 3.8) is 0 Å². The molecule has 0 aromatic heterocycles. The predicted molar refractivity (Wildman–Crippen MR) is 77.4 cm³/mol. The quantitative estimate of drug-likeness (QED) is 0.586. The van der Waals surface area contributed by atoms with Gasteiger partial charge in [-0.2, -0.15) is 0 Å². The van der Waals surface area contributed by atoms with E-state index in [2.05, 4.69) is 26.1 Å². The molecule has 0 saturated carbocycles. The number of nitro benzene ring substituents is 1. The maximum absolute atomic E-state index is 10.8. The molecule has 0 aliphatic heterocycles. The lowest BCUT2D eigenvalue weighted by Gasteiger charge is -2.16. The minimum Gasteiger partial charge on any atom is -0.493 e. The van der Waals surface area contributed by atoms with E-state index in [1.807, 2.05) is 0 Å². The van der Waals surface area contributed by atoms with Crippen LogP contribution in [0.25, 0.3) is 0 Å². The Hall–Kier alpha value is -1.82. The molecule has 112 valence electrons. The zero-order valence-electron chi connectivity index (χ0n) is 12.4. The van der Waals surface area contributed by atoms with E-state index >= 15 is 0 Å². The van der Waals surface area contributed by atoms with Gasteiger partial charge < -0.3 is 14.8 Å². The van der Waals surface area contributed by atoms with Crippen LogP contribution in [0.2, 0.25) is 0 Å². The molecular formula is C14H22N2O4. The van der Waals surface area contributed by atoms with Crippen LogP contribution in [0.4, 0.5) is 5.69 Å². The van der Waals surface area contributed by atoms with Gasteiger partial charge in [-0.25, -0.2) is 0 Å². The second-order valence-corrected chi connectivity index (χ2v) is 5.07. The maximum atomic E-state index is 10.8. The van der Waals surface area contributed by atoms with Crippen LogP contribution in [0.15, 0.2) is 18.2 Å². The van der Waals surface area contributed by atoms with Gasteiger partial charge in [-0.15, -0.1) is 0 Å². The van der Waals surface area contributed by atoms with E-state index in [9.17, 15) is 10.1 Å². The van der Waals surface area contributed by atoms with Crippen molar-refractivity contribution in [3.05, 3.63) is 28.3 Å². The summed E-state index contributed by atoms with van der Waals surface area (Å²) >= 11 is 0. The van der Waals surface area contributed by atoms with Crippen molar-refractivity contribution < 1.29 is 14.4 Å². The molecule has 0 saturated heterocycles. The average Bonchev–Trinajstić information content (AvgIpc) is 2.42. The molecule has 1 atom stereocenters. The first-order valence-corrected chi connectivity index (χ1v) is 6.62. The fourth-order valence-electron chi connectivity index (χ4n) is 1.62. The van der Waals surface area contributed by atoms with Crippen LogP contribution >= 0.6 is 0 Å². The van der Waals surface area contributed by atoms with E-state index in [1.54, 1.807) is 6.07 Å². The molecule has 0 spiro atoms. The van der Waals surface area contributed by atoms with E-state index in [0.29, 0.717) is 30.1 Å². The Balaban J connectivity index is 2.65. The highest BCUT2D eigenvalue weighted by atomic mass is 16.6. The van der Waals surface area contributed by atoms with Crippen LogP contribution in [0, 0.1) is 16.0 Å². The molecular weight excluding hydrogens is 260 g/mol. The summed E-state index contributed by atoms with van der Waals surface area (Å²) < 4.78 is 10.8. The second kappa shape index (κ2) is 7.69. The molecule has 0 aliphatic rings. The average molecular weight is 282 g/mol. The molecule has 0 bridgehead atoms. The first-order chi connectivity index (χ1) is 9.43. The van der Waals surface area contributed by atoms with Gasteiger partial charge in [-0.05, 0) is 6.07 Å². The van der Waals surface area contributed by atoms with Crippen LogP contribution in [0.3, 0.4) is 0 Å². The molecule has 1 aromatic carbocycles. The van der Waals surface area contributed by atoms with Crippen LogP contribution < -0.4 is 14.8 Å². The molecule has 0 aliphatic carbocycles. The van der Waals surface area contributed by atoms with Gasteiger partial charge in [0, 0.05) is 24.6 Å². The van der Waals surface area contributed by atoms with Gasteiger partial charge in [-0.1, -0.05) is 20.8 Å². The van der Waals surface area contributed by atoms with Gasteiger partial charge >= 0.3 is 0 Å². The Morgan fingerprint density at radius 3 is 2.55 bits per heavy atom. The van der Waals surface area contributed by atoms with Gasteiger partial charge in [-0.3, -0.25) is 10.1 Å². The van der Waals surface area contributed by atoms with Gasteiger partial charge in [0.1, 0.15) is 0 Å². The van der Waals surface area contributed by atoms with Crippen molar-refractivity contribution in [3.8, 4) is 11.5 Å². The number of rotatable bonds is 8. The fraction of sp³-hybridized carbons (Fsp3) is 0.571. The van der Waals surface area contributed by atoms with E-state index < -0.39 is 4.92 Å². The van der Waals surface area contributed by atoms with Gasteiger partial charge in [0.05, 0.1) is 24.7 Å². The van der Waals surface area contributed by atoms with Crippen LogP contribution in [-0.4, -0.2) is 31.2 Å². The van der Waals surface area contributed by atoms with Gasteiger partial charge in [0.15, 0.2) is 11.5 Å². The predicted octanol–water partition coefficient (Wildman–Crippen LogP) is 2.62. The summed E-state index contributed by atoms with van der Waals surface area (Å²) in [5.74, 6) is 1.19. The lowest BCUT2D eigenvalue weighted by Crippen LogP contribution is -2.30. The van der Waals surface area contributed by atoms with E-state index in [0.717, 1.165) is 6.54 Å². The Bertz CT molecular complexity index is 449. The number of ether oxygens (including phenoxy) is 2. The minimum absolute atomic E-state index is 0.00578. The zero-order valence-corrected chi connectivity index (χ0v) is 12.4. The first kappa shape index (κ1) is 16.2. The largest absolute Gasteiger partial charge is 0.493 e. The number of nitrogens with one attached hydrogen (secondary N) is 1. The van der Waals surface area contributed by atoms with E-state index in [-0.39, 0.29) is 5.69 Å². The highest BCUT2D eigenvalue weighted by Gasteiger charge is 2.13. The van der Waals surface area contributed by atoms with Gasteiger partial charge in [0.2, 0.25) is 0 Å². The van der Waals surface area contributed by atoms with Crippen molar-refractivity contribution in [1.82, 2.24) is 5.32 Å². The Morgan fingerprint density at radius 1 is 1.30 bits per heavy atom. The summed E-state index contributed by atoms with van der Waals surface area (Å²) in [6.07, 6.45) is 0. The topological polar surface area (TPSA) is 73.6 Å². The van der Waals surface area contributed by atoms with Crippen LogP contribution in [-0.2, 0) is 0 Å². The van der Waals surface area contributed by atoms with E-state index in [4.69, 9.17) is 9.47 Å². The SMILES string of the molecule is COc1ccc([N+](=O)[O-])cc1OCC(C)CNC(C)C. The Morgan fingerprint density at radius 2 is 2.00 bits per heavy atom. The number of nitrogens with zero attached hydrogens (tertiary/aromatic N) is 1. The lowest BCUT2D eigenvalue weighted by molar-refractivity contribution is -0.385. The third-order valence-corrected chi connectivity index (χ3v) is 2.76. The normalized spacial score (nSPS) is 12.2. The number of methoxy groups -OCH3 is 1. The third-order valence-electron chi connectivity index (χ3n) is 2.76. The van der Waals surface area contributed by atoms with Crippen LogP contribution in [0.1, 0.15) is 20.8 Å². The number of non-ortho nitro benzene ring substituents is 1. The summed E-state index contributed by atoms with van der Waals surface area (Å²) in [5, 5.41) is 14.1. The van der Waals surface area contributed by atoms with Crippen molar-refractivity contribution in [2.24, 2.45) is 5.92 Å². The van der Waals surface area contributed by atoms with Crippen molar-refractivity contribution in [2.45, 2.75) is 26.8 Å². The minimum atomic E-state index is -0.448. The lowest BCUT2D eigenvalue weighted by atomic mass is 10.2. The number of hydrogen-bond donors (Lipinski definition) is 1. The molecule has 0 heterocycles. The second-order valence-electron chi connectivity index (χ2n) is 5.07. The van der Waals surface area contributed by atoms with Crippen LogP contribution in [0.5, 0.6) is 11.5 Å². The molecule has 1 rings (SSSR count). The Labute approximate surface area is 119 Å². The van der Waals surface area contributed by atoms with Gasteiger partial charge in [0.25, 0.3) is 5.69 Å². The molecule has 20 heavy (non-hydrogen) atoms. The molecule has 1 aromatic rings. The molecule has 6 nitrogen and oxygen atoms in total. The summed E-state index contributed by atoms with van der Waals surface area (Å²) in [5.41, 5.74) is -0.00578. The maximum Gasteiger partial charge on any atom is 0.273 e. The smallest absolute Gasteiger partial charge is 0.273 e. The molecule has 0 amide bonds. The summed E-state index contributed by atoms with van der Waals surface area (Å²) in [4.78, 5) is 10.3. The monoisotopic (exact) mass is 282 g/mol. The Kier molecular flexibility index (Phi) is 6.24. The van der Waals surface area contributed by atoms with Crippen molar-refractivity contribution in [1.29, 1.82) is 0 Å².